The molecule has 0 spiro atoms. The monoisotopic (exact) mass is 543 g/mol. The van der Waals surface area contributed by atoms with Crippen LogP contribution in [0.15, 0.2) is 4.99 Å². The molecule has 0 bridgehead atoms. The highest BCUT2D eigenvalue weighted by atomic mass is 16.4. The highest BCUT2D eigenvalue weighted by Crippen LogP contribution is 2.10. The number of rotatable bonds is 19. The largest absolute Gasteiger partial charge is 0.480 e. The minimum absolute atomic E-state index is 0.0236. The molecule has 0 aromatic heterocycles. The summed E-state index contributed by atoms with van der Waals surface area (Å²) < 4.78 is 0. The molecule has 216 valence electrons. The Morgan fingerprint density at radius 3 is 1.79 bits per heavy atom. The molecular formula is C22H41N9O7. The molecule has 38 heavy (non-hydrogen) atoms. The summed E-state index contributed by atoms with van der Waals surface area (Å²) in [6.07, 6.45) is 0.0201. The van der Waals surface area contributed by atoms with E-state index in [1.807, 2.05) is 0 Å². The fraction of sp³-hybridized carbons (Fsp3) is 0.682. The van der Waals surface area contributed by atoms with Crippen molar-refractivity contribution in [3.05, 3.63) is 0 Å². The lowest BCUT2D eigenvalue weighted by Gasteiger charge is -2.26. The Balaban J connectivity index is 5.74. The number of carbonyl (C=O) groups excluding carboxylic acids is 5. The maximum absolute atomic E-state index is 13.1. The van der Waals surface area contributed by atoms with Crippen molar-refractivity contribution in [1.29, 1.82) is 0 Å². The van der Waals surface area contributed by atoms with Gasteiger partial charge in [-0.25, -0.2) is 4.79 Å². The van der Waals surface area contributed by atoms with Gasteiger partial charge in [-0.15, -0.1) is 0 Å². The van der Waals surface area contributed by atoms with Gasteiger partial charge < -0.3 is 49.7 Å². The number of hydrogen-bond donors (Lipinski definition) is 9. The first-order valence-electron chi connectivity index (χ1n) is 12.2. The Labute approximate surface area is 220 Å². The number of carbonyl (C=O) groups is 6. The second kappa shape index (κ2) is 17.5. The molecule has 0 aromatic carbocycles. The van der Waals surface area contributed by atoms with E-state index in [1.165, 1.54) is 0 Å². The van der Waals surface area contributed by atoms with Crippen LogP contribution in [0.25, 0.3) is 0 Å². The summed E-state index contributed by atoms with van der Waals surface area (Å²) in [6.45, 7) is 3.55. The number of nitrogens with two attached hydrogens (primary N) is 5. The molecule has 0 aromatic rings. The maximum atomic E-state index is 13.1. The summed E-state index contributed by atoms with van der Waals surface area (Å²) in [5.41, 5.74) is 26.6. The molecular weight excluding hydrogens is 502 g/mol. The Hall–Kier alpha value is -3.95. The number of guanidine groups is 1. The number of hydrogen-bond acceptors (Lipinski definition) is 8. The third-order valence-electron chi connectivity index (χ3n) is 5.71. The lowest BCUT2D eigenvalue weighted by atomic mass is 9.98. The Bertz CT molecular complexity index is 877. The molecule has 5 unspecified atom stereocenters. The summed E-state index contributed by atoms with van der Waals surface area (Å²) >= 11 is 0. The van der Waals surface area contributed by atoms with E-state index in [1.54, 1.807) is 13.8 Å². The van der Waals surface area contributed by atoms with Gasteiger partial charge in [-0.1, -0.05) is 20.3 Å². The van der Waals surface area contributed by atoms with Gasteiger partial charge in [0.05, 0.1) is 6.04 Å². The van der Waals surface area contributed by atoms with Gasteiger partial charge in [0.1, 0.15) is 18.1 Å². The number of nitrogens with one attached hydrogen (secondary N) is 3. The topological polar surface area (TPSA) is 301 Å². The van der Waals surface area contributed by atoms with E-state index < -0.39 is 65.6 Å². The first-order valence-corrected chi connectivity index (χ1v) is 12.2. The van der Waals surface area contributed by atoms with Crippen LogP contribution in [-0.4, -0.2) is 77.3 Å². The van der Waals surface area contributed by atoms with Crippen LogP contribution in [0.3, 0.4) is 0 Å². The van der Waals surface area contributed by atoms with Gasteiger partial charge in [0, 0.05) is 19.4 Å². The molecule has 5 atom stereocenters. The minimum Gasteiger partial charge on any atom is -0.480 e. The van der Waals surface area contributed by atoms with E-state index in [0.717, 1.165) is 0 Å². The molecule has 0 radical (unpaired) electrons. The van der Waals surface area contributed by atoms with Gasteiger partial charge in [-0.2, -0.15) is 0 Å². The quantitative estimate of drug-likeness (QED) is 0.0439. The van der Waals surface area contributed by atoms with Crippen molar-refractivity contribution in [1.82, 2.24) is 16.0 Å². The van der Waals surface area contributed by atoms with Gasteiger partial charge in [-0.05, 0) is 31.6 Å². The SMILES string of the molecule is CCC(C)C(NC(=O)C(CCCN=C(N)N)NC(=O)C(CCC(N)=O)NC(=O)C(N)CCC(N)=O)C(=O)O. The zero-order valence-corrected chi connectivity index (χ0v) is 21.8. The highest BCUT2D eigenvalue weighted by molar-refractivity contribution is 5.94. The van der Waals surface area contributed by atoms with Crippen molar-refractivity contribution in [3.8, 4) is 0 Å². The maximum Gasteiger partial charge on any atom is 0.326 e. The van der Waals surface area contributed by atoms with E-state index >= 15 is 0 Å². The number of aliphatic carboxylic acids is 1. The molecule has 16 nitrogen and oxygen atoms in total. The number of carboxylic acids is 1. The molecule has 16 heteroatoms. The van der Waals surface area contributed by atoms with Crippen LogP contribution in [-0.2, 0) is 28.8 Å². The molecule has 0 saturated heterocycles. The molecule has 5 amide bonds. The standard InChI is InChI=1S/C22H41N9O7/c1-3-11(2)17(21(37)38)31-20(36)13(5-4-10-28-22(26)27)30-19(35)14(7-9-16(25)33)29-18(34)12(23)6-8-15(24)32/h11-14,17H,3-10,23H2,1-2H3,(H2,24,32)(H2,25,33)(H,29,34)(H,30,35)(H,31,36)(H,37,38)(H4,26,27,28). The zero-order chi connectivity index (χ0) is 29.4. The molecule has 0 heterocycles. The summed E-state index contributed by atoms with van der Waals surface area (Å²) in [4.78, 5) is 76.3. The van der Waals surface area contributed by atoms with E-state index in [0.29, 0.717) is 6.42 Å². The Morgan fingerprint density at radius 1 is 0.789 bits per heavy atom. The van der Waals surface area contributed by atoms with Gasteiger partial charge in [0.2, 0.25) is 29.5 Å². The molecule has 0 rings (SSSR count). The molecule has 0 aliphatic rings. The van der Waals surface area contributed by atoms with Crippen molar-refractivity contribution in [2.24, 2.45) is 39.6 Å². The van der Waals surface area contributed by atoms with Gasteiger partial charge in [0.15, 0.2) is 5.96 Å². The van der Waals surface area contributed by atoms with Crippen molar-refractivity contribution in [3.63, 3.8) is 0 Å². The average molecular weight is 544 g/mol. The number of aliphatic imine (C=N–C) groups is 1. The summed E-state index contributed by atoms with van der Waals surface area (Å²) in [5.74, 6) is -5.60. The molecule has 0 fully saturated rings. The molecule has 0 aliphatic heterocycles. The predicted octanol–water partition coefficient (Wildman–Crippen LogP) is -3.52. The van der Waals surface area contributed by atoms with Crippen molar-refractivity contribution < 1.29 is 33.9 Å². The van der Waals surface area contributed by atoms with Crippen LogP contribution in [0.1, 0.15) is 58.8 Å². The van der Waals surface area contributed by atoms with Crippen LogP contribution in [0.2, 0.25) is 0 Å². The average Bonchev–Trinajstić information content (AvgIpc) is 2.83. The summed E-state index contributed by atoms with van der Waals surface area (Å²) in [7, 11) is 0. The van der Waals surface area contributed by atoms with Crippen LogP contribution in [0, 0.1) is 5.92 Å². The molecule has 0 aliphatic carbocycles. The second-order valence-corrected chi connectivity index (χ2v) is 8.90. The second-order valence-electron chi connectivity index (χ2n) is 8.90. The molecule has 0 saturated carbocycles. The summed E-state index contributed by atoms with van der Waals surface area (Å²) in [5, 5.41) is 16.8. The first kappa shape index (κ1) is 34.0. The normalized spacial score (nSPS) is 14.6. The van der Waals surface area contributed by atoms with Crippen LogP contribution in [0.5, 0.6) is 0 Å². The fourth-order valence-corrected chi connectivity index (χ4v) is 3.24. The predicted molar refractivity (Wildman–Crippen MR) is 138 cm³/mol. The lowest BCUT2D eigenvalue weighted by molar-refractivity contribution is -0.144. The van der Waals surface area contributed by atoms with Gasteiger partial charge in [-0.3, -0.25) is 29.0 Å². The number of nitrogens with zero attached hydrogens (tertiary/aromatic N) is 1. The van der Waals surface area contributed by atoms with Crippen molar-refractivity contribution in [2.75, 3.05) is 6.54 Å². The zero-order valence-electron chi connectivity index (χ0n) is 21.8. The first-order chi connectivity index (χ1) is 17.7. The third-order valence-corrected chi connectivity index (χ3v) is 5.71. The van der Waals surface area contributed by atoms with Crippen LogP contribution >= 0.6 is 0 Å². The van der Waals surface area contributed by atoms with Gasteiger partial charge in [0.25, 0.3) is 0 Å². The van der Waals surface area contributed by atoms with Crippen molar-refractivity contribution in [2.45, 2.75) is 83.0 Å². The summed E-state index contributed by atoms with van der Waals surface area (Å²) in [6, 6.07) is -4.92. The molecule has 14 N–H and O–H groups in total. The Kier molecular flexibility index (Phi) is 15.7. The van der Waals surface area contributed by atoms with E-state index in [-0.39, 0.29) is 51.0 Å². The van der Waals surface area contributed by atoms with E-state index in [2.05, 4.69) is 20.9 Å². The smallest absolute Gasteiger partial charge is 0.326 e. The van der Waals surface area contributed by atoms with Crippen LogP contribution < -0.4 is 44.6 Å². The number of primary amides is 2. The third kappa shape index (κ3) is 14.0. The van der Waals surface area contributed by atoms with Gasteiger partial charge >= 0.3 is 5.97 Å². The fourth-order valence-electron chi connectivity index (χ4n) is 3.24. The van der Waals surface area contributed by atoms with Crippen LogP contribution in [0.4, 0.5) is 0 Å². The lowest BCUT2D eigenvalue weighted by Crippen LogP contribution is -2.57. The number of carboxylic acid groups (broad SMARTS) is 1. The van der Waals surface area contributed by atoms with E-state index in [9.17, 15) is 33.9 Å². The van der Waals surface area contributed by atoms with E-state index in [4.69, 9.17) is 28.7 Å². The Morgan fingerprint density at radius 2 is 1.29 bits per heavy atom. The highest BCUT2D eigenvalue weighted by Gasteiger charge is 2.32. The number of amides is 5. The minimum atomic E-state index is -1.31. The van der Waals surface area contributed by atoms with Crippen molar-refractivity contribution >= 4 is 41.5 Å².